The molecule has 1 aromatic carbocycles. The molecule has 30 heavy (non-hydrogen) atoms. The molecule has 156 valence electrons. The Morgan fingerprint density at radius 3 is 2.60 bits per heavy atom. The maximum atomic E-state index is 12.9. The van der Waals surface area contributed by atoms with Gasteiger partial charge in [-0.1, -0.05) is 18.2 Å². The first-order chi connectivity index (χ1) is 14.4. The van der Waals surface area contributed by atoms with E-state index in [0.717, 1.165) is 12.0 Å². The van der Waals surface area contributed by atoms with E-state index in [-0.39, 0.29) is 23.2 Å². The third kappa shape index (κ3) is 3.63. The molecule has 1 unspecified atom stereocenters. The van der Waals surface area contributed by atoms with Gasteiger partial charge in [0.2, 0.25) is 0 Å². The van der Waals surface area contributed by atoms with E-state index in [4.69, 9.17) is 4.74 Å². The summed E-state index contributed by atoms with van der Waals surface area (Å²) in [5.74, 6) is -0.948. The third-order valence-corrected chi connectivity index (χ3v) is 6.28. The Morgan fingerprint density at radius 1 is 1.13 bits per heavy atom. The van der Waals surface area contributed by atoms with Gasteiger partial charge in [-0.05, 0) is 50.3 Å². The Hall–Kier alpha value is -3.00. The largest absolute Gasteiger partial charge is 0.448 e. The van der Waals surface area contributed by atoms with Crippen LogP contribution < -0.4 is 5.56 Å². The van der Waals surface area contributed by atoms with Gasteiger partial charge < -0.3 is 9.64 Å². The second-order valence-corrected chi connectivity index (χ2v) is 8.66. The van der Waals surface area contributed by atoms with Crippen LogP contribution in [-0.4, -0.2) is 39.2 Å². The minimum absolute atomic E-state index is 0.0392. The molecule has 3 aromatic rings. The summed E-state index contributed by atoms with van der Waals surface area (Å²) in [7, 11) is 0. The number of carbonyl (C=O) groups excluding carboxylic acids is 2. The Morgan fingerprint density at radius 2 is 1.87 bits per heavy atom. The first-order valence-electron chi connectivity index (χ1n) is 9.93. The summed E-state index contributed by atoms with van der Waals surface area (Å²) in [6.45, 7) is 6.34. The fourth-order valence-corrected chi connectivity index (χ4v) is 4.56. The van der Waals surface area contributed by atoms with Crippen LogP contribution in [0.25, 0.3) is 10.8 Å². The van der Waals surface area contributed by atoms with Crippen molar-refractivity contribution in [3.63, 3.8) is 0 Å². The van der Waals surface area contributed by atoms with E-state index in [1.54, 1.807) is 47.4 Å². The molecule has 0 aliphatic carbocycles. The van der Waals surface area contributed by atoms with E-state index >= 15 is 0 Å². The van der Waals surface area contributed by atoms with E-state index in [0.29, 0.717) is 23.9 Å². The van der Waals surface area contributed by atoms with Crippen molar-refractivity contribution < 1.29 is 14.3 Å². The number of benzene rings is 1. The number of hydrogen-bond acceptors (Lipinski definition) is 6. The number of hydrogen-bond donors (Lipinski definition) is 0. The summed E-state index contributed by atoms with van der Waals surface area (Å²) in [4.78, 5) is 41.5. The molecule has 1 aliphatic heterocycles. The highest BCUT2D eigenvalue weighted by atomic mass is 32.1. The zero-order chi connectivity index (χ0) is 21.4. The molecule has 1 aliphatic rings. The number of thiophene rings is 1. The molecule has 0 spiro atoms. The number of esters is 1. The first-order valence-corrected chi connectivity index (χ1v) is 10.8. The number of rotatable bonds is 4. The molecule has 8 heteroatoms. The van der Waals surface area contributed by atoms with Gasteiger partial charge in [0.05, 0.1) is 11.4 Å². The van der Waals surface area contributed by atoms with Crippen LogP contribution in [0, 0.1) is 0 Å². The summed E-state index contributed by atoms with van der Waals surface area (Å²) in [5.41, 5.74) is 0.924. The van der Waals surface area contributed by atoms with Gasteiger partial charge in [-0.15, -0.1) is 11.3 Å². The van der Waals surface area contributed by atoms with E-state index in [2.05, 4.69) is 5.10 Å². The van der Waals surface area contributed by atoms with Crippen molar-refractivity contribution >= 4 is 34.0 Å². The van der Waals surface area contributed by atoms with Gasteiger partial charge in [-0.3, -0.25) is 9.59 Å². The molecule has 1 atom stereocenters. The van der Waals surface area contributed by atoms with E-state index in [1.807, 2.05) is 25.3 Å². The number of carbonyl (C=O) groups is 2. The topological polar surface area (TPSA) is 81.5 Å². The molecule has 0 saturated heterocycles. The van der Waals surface area contributed by atoms with Gasteiger partial charge in [0.1, 0.15) is 0 Å². The lowest BCUT2D eigenvalue weighted by atomic mass is 10.1. The molecule has 4 rings (SSSR count). The van der Waals surface area contributed by atoms with E-state index in [9.17, 15) is 14.4 Å². The van der Waals surface area contributed by atoms with Gasteiger partial charge in [0, 0.05) is 23.4 Å². The normalized spacial score (nSPS) is 14.6. The van der Waals surface area contributed by atoms with Crippen LogP contribution in [0.4, 0.5) is 0 Å². The predicted molar refractivity (Wildman–Crippen MR) is 115 cm³/mol. The Labute approximate surface area is 177 Å². The zero-order valence-corrected chi connectivity index (χ0v) is 17.9. The van der Waals surface area contributed by atoms with Gasteiger partial charge in [-0.25, -0.2) is 9.48 Å². The predicted octanol–water partition coefficient (Wildman–Crippen LogP) is 3.17. The molecular formula is C22H23N3O4S. The summed E-state index contributed by atoms with van der Waals surface area (Å²) >= 11 is 1.70. The molecule has 0 radical (unpaired) electrons. The Balaban J connectivity index is 1.58. The van der Waals surface area contributed by atoms with Crippen molar-refractivity contribution in [3.8, 4) is 0 Å². The second-order valence-electron chi connectivity index (χ2n) is 7.66. The van der Waals surface area contributed by atoms with E-state index in [1.165, 1.54) is 9.56 Å². The number of nitrogens with zero attached hydrogens (tertiary/aromatic N) is 3. The van der Waals surface area contributed by atoms with Crippen molar-refractivity contribution in [2.45, 2.75) is 45.9 Å². The Bertz CT molecular complexity index is 1180. The third-order valence-electron chi connectivity index (χ3n) is 5.26. The van der Waals surface area contributed by atoms with Crippen LogP contribution in [0.1, 0.15) is 47.7 Å². The molecule has 3 heterocycles. The molecule has 1 amide bonds. The van der Waals surface area contributed by atoms with Crippen molar-refractivity contribution in [3.05, 3.63) is 62.2 Å². The molecular weight excluding hydrogens is 402 g/mol. The van der Waals surface area contributed by atoms with Crippen LogP contribution in [0.15, 0.2) is 40.5 Å². The number of fused-ring (bicyclic) bond motifs is 2. The average Bonchev–Trinajstić information content (AvgIpc) is 3.21. The number of amides is 1. The molecule has 0 saturated carbocycles. The summed E-state index contributed by atoms with van der Waals surface area (Å²) in [6.07, 6.45) is -0.136. The van der Waals surface area contributed by atoms with Crippen LogP contribution in [0.3, 0.4) is 0 Å². The average molecular weight is 426 g/mol. The quantitative estimate of drug-likeness (QED) is 0.600. The van der Waals surface area contributed by atoms with Crippen molar-refractivity contribution in [1.29, 1.82) is 0 Å². The maximum Gasteiger partial charge on any atom is 0.360 e. The maximum absolute atomic E-state index is 12.9. The molecule has 0 fully saturated rings. The van der Waals surface area contributed by atoms with E-state index < -0.39 is 12.1 Å². The van der Waals surface area contributed by atoms with Gasteiger partial charge in [0.15, 0.2) is 11.8 Å². The van der Waals surface area contributed by atoms with Gasteiger partial charge in [-0.2, -0.15) is 5.10 Å². The van der Waals surface area contributed by atoms with Crippen LogP contribution in [0.5, 0.6) is 0 Å². The van der Waals surface area contributed by atoms with Crippen LogP contribution in [-0.2, 0) is 22.5 Å². The molecule has 2 aromatic heterocycles. The molecule has 7 nitrogen and oxygen atoms in total. The highest BCUT2D eigenvalue weighted by molar-refractivity contribution is 7.10. The highest BCUT2D eigenvalue weighted by Gasteiger charge is 2.29. The smallest absolute Gasteiger partial charge is 0.360 e. The SMILES string of the molecule is CC(OC(=O)c1nn(C(C)C)c(=O)c2ccccc12)C(=O)N1CCc2sccc2C1. The summed E-state index contributed by atoms with van der Waals surface area (Å²) in [6, 6.07) is 8.61. The lowest BCUT2D eigenvalue weighted by molar-refractivity contribution is -0.140. The van der Waals surface area contributed by atoms with Gasteiger partial charge >= 0.3 is 5.97 Å². The van der Waals surface area contributed by atoms with Crippen LogP contribution >= 0.6 is 11.3 Å². The van der Waals surface area contributed by atoms with Crippen molar-refractivity contribution in [2.24, 2.45) is 0 Å². The highest BCUT2D eigenvalue weighted by Crippen LogP contribution is 2.25. The lowest BCUT2D eigenvalue weighted by Gasteiger charge is -2.29. The minimum atomic E-state index is -0.947. The fraction of sp³-hybridized carbons (Fsp3) is 0.364. The first kappa shape index (κ1) is 20.3. The summed E-state index contributed by atoms with van der Waals surface area (Å²) in [5, 5.41) is 7.10. The molecule has 0 bridgehead atoms. The summed E-state index contributed by atoms with van der Waals surface area (Å²) < 4.78 is 6.77. The second kappa shape index (κ2) is 8.02. The van der Waals surface area contributed by atoms with Crippen molar-refractivity contribution in [2.75, 3.05) is 6.54 Å². The fourth-order valence-electron chi connectivity index (χ4n) is 3.67. The zero-order valence-electron chi connectivity index (χ0n) is 17.1. The minimum Gasteiger partial charge on any atom is -0.448 e. The van der Waals surface area contributed by atoms with Gasteiger partial charge in [0.25, 0.3) is 11.5 Å². The van der Waals surface area contributed by atoms with Crippen LogP contribution in [0.2, 0.25) is 0 Å². The number of aromatic nitrogens is 2. The molecule has 0 N–H and O–H groups in total. The van der Waals surface area contributed by atoms with Crippen molar-refractivity contribution in [1.82, 2.24) is 14.7 Å². The monoisotopic (exact) mass is 425 g/mol. The standard InChI is InChI=1S/C22H23N3O4S/c1-13(2)25-21(27)17-7-5-4-6-16(17)19(23-25)22(28)29-14(3)20(26)24-10-8-18-15(12-24)9-11-30-18/h4-7,9,11,13-14H,8,10,12H2,1-3H3. The number of ether oxygens (including phenoxy) is 1. The lowest BCUT2D eigenvalue weighted by Crippen LogP contribution is -2.42. The Kier molecular flexibility index (Phi) is 5.42.